The van der Waals surface area contributed by atoms with Gasteiger partial charge in [-0.1, -0.05) is 12.2 Å². The van der Waals surface area contributed by atoms with Crippen LogP contribution in [0.4, 0.5) is 4.48 Å². The van der Waals surface area contributed by atoms with E-state index in [0.29, 0.717) is 5.12 Å². The zero-order chi connectivity index (χ0) is 9.40. The number of nitrogens with zero attached hydrogens (tertiary/aromatic N) is 2. The molecular formula is C9H15FN2. The van der Waals surface area contributed by atoms with Gasteiger partial charge in [-0.25, -0.2) is 0 Å². The van der Waals surface area contributed by atoms with Crippen molar-refractivity contribution in [3.63, 3.8) is 0 Å². The van der Waals surface area contributed by atoms with Gasteiger partial charge in [0.1, 0.15) is 0 Å². The van der Waals surface area contributed by atoms with E-state index >= 15 is 0 Å². The summed E-state index contributed by atoms with van der Waals surface area (Å²) >= 11 is 0. The van der Waals surface area contributed by atoms with Crippen molar-refractivity contribution in [2.45, 2.75) is 19.9 Å². The Kier molecular flexibility index (Phi) is 6.19. The first-order chi connectivity index (χ1) is 5.68. The molecule has 0 N–H and O–H groups in total. The van der Waals surface area contributed by atoms with Crippen molar-refractivity contribution in [3.8, 4) is 0 Å². The van der Waals surface area contributed by atoms with Crippen molar-refractivity contribution >= 4 is 6.21 Å². The van der Waals surface area contributed by atoms with Gasteiger partial charge in [0.25, 0.3) is 0 Å². The lowest BCUT2D eigenvalue weighted by Crippen LogP contribution is -2.21. The van der Waals surface area contributed by atoms with Crippen LogP contribution in [0.3, 0.4) is 0 Å². The molecule has 0 aromatic rings. The highest BCUT2D eigenvalue weighted by molar-refractivity contribution is 5.64. The summed E-state index contributed by atoms with van der Waals surface area (Å²) in [5.41, 5.74) is 0. The molecular weight excluding hydrogens is 155 g/mol. The van der Waals surface area contributed by atoms with E-state index in [4.69, 9.17) is 0 Å². The summed E-state index contributed by atoms with van der Waals surface area (Å²) < 4.78 is 12.4. The topological polar surface area (TPSA) is 15.6 Å². The van der Waals surface area contributed by atoms with E-state index in [1.54, 1.807) is 25.4 Å². The zero-order valence-corrected chi connectivity index (χ0v) is 7.74. The van der Waals surface area contributed by atoms with E-state index in [-0.39, 0.29) is 6.04 Å². The minimum Gasteiger partial charge on any atom is -0.267 e. The number of rotatable bonds is 4. The van der Waals surface area contributed by atoms with Gasteiger partial charge in [0, 0.05) is 19.5 Å². The van der Waals surface area contributed by atoms with Crippen molar-refractivity contribution in [1.29, 1.82) is 0 Å². The second-order valence-corrected chi connectivity index (χ2v) is 2.43. The Hall–Kier alpha value is -0.960. The van der Waals surface area contributed by atoms with Gasteiger partial charge in [-0.05, 0) is 19.9 Å². The van der Waals surface area contributed by atoms with Gasteiger partial charge in [0.05, 0.1) is 6.04 Å². The van der Waals surface area contributed by atoms with Gasteiger partial charge >= 0.3 is 0 Å². The summed E-state index contributed by atoms with van der Waals surface area (Å²) in [4.78, 5) is 3.89. The lowest BCUT2D eigenvalue weighted by molar-refractivity contribution is 0.0459. The Balaban J connectivity index is 3.75. The second-order valence-electron chi connectivity index (χ2n) is 2.43. The molecule has 0 aliphatic heterocycles. The maximum absolute atomic E-state index is 12.4. The van der Waals surface area contributed by atoms with Crippen molar-refractivity contribution in [2.24, 2.45) is 4.99 Å². The molecule has 2 nitrogen and oxygen atoms in total. The van der Waals surface area contributed by atoms with E-state index in [1.807, 2.05) is 19.1 Å². The molecule has 1 atom stereocenters. The van der Waals surface area contributed by atoms with Crippen LogP contribution in [-0.4, -0.2) is 24.4 Å². The van der Waals surface area contributed by atoms with Crippen LogP contribution in [0, 0.1) is 0 Å². The molecule has 0 amide bonds. The van der Waals surface area contributed by atoms with Crippen molar-refractivity contribution in [1.82, 2.24) is 5.12 Å². The van der Waals surface area contributed by atoms with Crippen LogP contribution in [0.1, 0.15) is 13.8 Å². The average molecular weight is 170 g/mol. The van der Waals surface area contributed by atoms with E-state index in [9.17, 15) is 4.48 Å². The van der Waals surface area contributed by atoms with Crippen LogP contribution < -0.4 is 0 Å². The van der Waals surface area contributed by atoms with Crippen LogP contribution in [0.25, 0.3) is 0 Å². The van der Waals surface area contributed by atoms with E-state index < -0.39 is 0 Å². The maximum atomic E-state index is 12.4. The summed E-state index contributed by atoms with van der Waals surface area (Å²) in [5.74, 6) is 0. The third-order valence-corrected chi connectivity index (χ3v) is 1.34. The number of aliphatic imine (C=N–C) groups is 1. The summed E-state index contributed by atoms with van der Waals surface area (Å²) in [6.45, 7) is 3.65. The normalized spacial score (nSPS) is 15.8. The number of allylic oxidation sites excluding steroid dienone is 3. The summed E-state index contributed by atoms with van der Waals surface area (Å²) in [5, 5.41) is 0.604. The van der Waals surface area contributed by atoms with Crippen molar-refractivity contribution in [3.05, 3.63) is 24.4 Å². The first-order valence-corrected chi connectivity index (χ1v) is 3.88. The molecule has 3 heteroatoms. The first-order valence-electron chi connectivity index (χ1n) is 3.88. The second kappa shape index (κ2) is 6.73. The van der Waals surface area contributed by atoms with Gasteiger partial charge in [0.15, 0.2) is 0 Å². The molecule has 12 heavy (non-hydrogen) atoms. The Morgan fingerprint density at radius 2 is 2.08 bits per heavy atom. The number of halogens is 1. The fourth-order valence-corrected chi connectivity index (χ4v) is 0.477. The fourth-order valence-electron chi connectivity index (χ4n) is 0.477. The quantitative estimate of drug-likeness (QED) is 0.359. The third-order valence-electron chi connectivity index (χ3n) is 1.34. The van der Waals surface area contributed by atoms with Crippen LogP contribution >= 0.6 is 0 Å². The lowest BCUT2D eigenvalue weighted by atomic mass is 10.4. The number of hydrogen-bond donors (Lipinski definition) is 0. The maximum Gasteiger partial charge on any atom is 0.0722 e. The molecule has 0 radical (unpaired) electrons. The Morgan fingerprint density at radius 3 is 2.58 bits per heavy atom. The Morgan fingerprint density at radius 1 is 1.42 bits per heavy atom. The van der Waals surface area contributed by atoms with Crippen LogP contribution in [0.5, 0.6) is 0 Å². The molecule has 0 spiro atoms. The molecule has 0 aliphatic rings. The van der Waals surface area contributed by atoms with Crippen LogP contribution in [0.15, 0.2) is 29.4 Å². The van der Waals surface area contributed by atoms with Gasteiger partial charge in [-0.2, -0.15) is 0 Å². The van der Waals surface area contributed by atoms with Gasteiger partial charge < -0.3 is 0 Å². The third kappa shape index (κ3) is 5.80. The zero-order valence-electron chi connectivity index (χ0n) is 7.74. The molecule has 0 rings (SSSR count). The summed E-state index contributed by atoms with van der Waals surface area (Å²) in [7, 11) is 1.37. The molecule has 0 aromatic carbocycles. The smallest absolute Gasteiger partial charge is 0.0722 e. The summed E-state index contributed by atoms with van der Waals surface area (Å²) in [6, 6.07) is -0.278. The minimum absolute atomic E-state index is 0.278. The van der Waals surface area contributed by atoms with Crippen molar-refractivity contribution < 1.29 is 4.48 Å². The highest BCUT2D eigenvalue weighted by Gasteiger charge is 2.01. The molecule has 0 heterocycles. The largest absolute Gasteiger partial charge is 0.267 e. The molecule has 0 bridgehead atoms. The predicted molar refractivity (Wildman–Crippen MR) is 50.8 cm³/mol. The lowest BCUT2D eigenvalue weighted by Gasteiger charge is -2.07. The number of hydrogen-bond acceptors (Lipinski definition) is 2. The highest BCUT2D eigenvalue weighted by Crippen LogP contribution is 1.91. The van der Waals surface area contributed by atoms with Gasteiger partial charge in [-0.15, -0.1) is 9.60 Å². The van der Waals surface area contributed by atoms with Crippen LogP contribution in [0.2, 0.25) is 0 Å². The molecule has 68 valence electrons. The standard InChI is InChI=1S/C9H15FN2/c1-4-5-6-7-11-8-9(2)12(3)10/h4-9H,1-3H3/b5-4-,7-6-,11-8?. The molecule has 1 unspecified atom stereocenters. The fraction of sp³-hybridized carbons (Fsp3) is 0.444. The minimum atomic E-state index is -0.278. The van der Waals surface area contributed by atoms with Gasteiger partial charge in [0.2, 0.25) is 0 Å². The molecule has 0 saturated carbocycles. The highest BCUT2D eigenvalue weighted by atomic mass is 19.2. The molecule has 0 aliphatic carbocycles. The molecule has 0 aromatic heterocycles. The van der Waals surface area contributed by atoms with Crippen LogP contribution in [-0.2, 0) is 0 Å². The Labute approximate surface area is 73.0 Å². The molecule has 0 saturated heterocycles. The average Bonchev–Trinajstić information content (AvgIpc) is 2.03. The summed E-state index contributed by atoms with van der Waals surface area (Å²) in [6.07, 6.45) is 8.72. The monoisotopic (exact) mass is 170 g/mol. The predicted octanol–water partition coefficient (Wildman–Crippen LogP) is 2.35. The van der Waals surface area contributed by atoms with Crippen molar-refractivity contribution in [2.75, 3.05) is 7.05 Å². The van der Waals surface area contributed by atoms with E-state index in [2.05, 4.69) is 4.99 Å². The SMILES string of the molecule is C/C=C\C=C/N=CC(C)N(C)F. The van der Waals surface area contributed by atoms with E-state index in [0.717, 1.165) is 0 Å². The van der Waals surface area contributed by atoms with Gasteiger partial charge in [-0.3, -0.25) is 4.99 Å². The molecule has 0 fully saturated rings. The van der Waals surface area contributed by atoms with E-state index in [1.165, 1.54) is 7.05 Å². The first kappa shape index (κ1) is 11.0. The Bertz CT molecular complexity index is 183.